The number of ether oxygens (including phenoxy) is 1. The molecule has 4 nitrogen and oxygen atoms in total. The molecule has 0 aliphatic carbocycles. The van der Waals surface area contributed by atoms with Crippen molar-refractivity contribution < 1.29 is 13.9 Å². The normalized spacial score (nSPS) is 10.2. The number of para-hydroxylation sites is 1. The summed E-state index contributed by atoms with van der Waals surface area (Å²) in [6, 6.07) is 11.0. The summed E-state index contributed by atoms with van der Waals surface area (Å²) in [4.78, 5) is 12.2. The Morgan fingerprint density at radius 1 is 1.24 bits per heavy atom. The molecule has 1 amide bonds. The third-order valence-electron chi connectivity index (χ3n) is 2.95. The summed E-state index contributed by atoms with van der Waals surface area (Å²) in [5.41, 5.74) is 7.44. The van der Waals surface area contributed by atoms with Crippen molar-refractivity contribution in [2.75, 3.05) is 12.3 Å². The van der Waals surface area contributed by atoms with Crippen LogP contribution in [0.1, 0.15) is 22.8 Å². The van der Waals surface area contributed by atoms with Gasteiger partial charge in [0.05, 0.1) is 17.9 Å². The highest BCUT2D eigenvalue weighted by Gasteiger charge is 2.14. The monoisotopic (exact) mass is 288 g/mol. The van der Waals surface area contributed by atoms with E-state index in [0.29, 0.717) is 30.2 Å². The van der Waals surface area contributed by atoms with Crippen molar-refractivity contribution >= 4 is 11.6 Å². The number of nitrogen functional groups attached to an aromatic ring is 1. The molecule has 2 aromatic carbocycles. The third kappa shape index (κ3) is 3.72. The van der Waals surface area contributed by atoms with Gasteiger partial charge in [-0.3, -0.25) is 4.79 Å². The van der Waals surface area contributed by atoms with Crippen LogP contribution in [0.15, 0.2) is 42.5 Å². The van der Waals surface area contributed by atoms with Crippen LogP contribution in [0, 0.1) is 5.82 Å². The van der Waals surface area contributed by atoms with Crippen LogP contribution >= 0.6 is 0 Å². The zero-order valence-corrected chi connectivity index (χ0v) is 11.7. The van der Waals surface area contributed by atoms with Crippen LogP contribution in [0.4, 0.5) is 10.1 Å². The second kappa shape index (κ2) is 6.74. The Kier molecular flexibility index (Phi) is 4.77. The number of carbonyl (C=O) groups excluding carboxylic acids is 1. The summed E-state index contributed by atoms with van der Waals surface area (Å²) in [6.45, 7) is 2.55. The van der Waals surface area contributed by atoms with E-state index in [1.54, 1.807) is 30.3 Å². The fourth-order valence-corrected chi connectivity index (χ4v) is 1.92. The SMILES string of the molecule is CCOc1c(N)cccc1C(=O)NCc1ccc(F)cc1. The smallest absolute Gasteiger partial charge is 0.255 e. The van der Waals surface area contributed by atoms with Crippen LogP contribution in [-0.4, -0.2) is 12.5 Å². The molecule has 0 saturated carbocycles. The Morgan fingerprint density at radius 2 is 1.95 bits per heavy atom. The number of hydrogen-bond donors (Lipinski definition) is 2. The highest BCUT2D eigenvalue weighted by atomic mass is 19.1. The van der Waals surface area contributed by atoms with Crippen molar-refractivity contribution in [2.45, 2.75) is 13.5 Å². The van der Waals surface area contributed by atoms with Gasteiger partial charge in [-0.2, -0.15) is 0 Å². The molecule has 0 aliphatic heterocycles. The molecule has 0 aromatic heterocycles. The van der Waals surface area contributed by atoms with Crippen molar-refractivity contribution in [2.24, 2.45) is 0 Å². The maximum absolute atomic E-state index is 12.8. The van der Waals surface area contributed by atoms with Crippen molar-refractivity contribution in [3.8, 4) is 5.75 Å². The van der Waals surface area contributed by atoms with E-state index in [4.69, 9.17) is 10.5 Å². The number of nitrogens with two attached hydrogens (primary N) is 1. The fourth-order valence-electron chi connectivity index (χ4n) is 1.92. The summed E-state index contributed by atoms with van der Waals surface area (Å²) >= 11 is 0. The number of amides is 1. The molecule has 2 rings (SSSR count). The van der Waals surface area contributed by atoms with Gasteiger partial charge >= 0.3 is 0 Å². The predicted molar refractivity (Wildman–Crippen MR) is 79.6 cm³/mol. The molecule has 0 aliphatic rings. The van der Waals surface area contributed by atoms with Crippen molar-refractivity contribution in [3.63, 3.8) is 0 Å². The number of nitrogens with one attached hydrogen (secondary N) is 1. The van der Waals surface area contributed by atoms with E-state index in [9.17, 15) is 9.18 Å². The Balaban J connectivity index is 2.10. The maximum atomic E-state index is 12.8. The van der Waals surface area contributed by atoms with Crippen LogP contribution in [0.3, 0.4) is 0 Å². The van der Waals surface area contributed by atoms with Crippen LogP contribution in [0.5, 0.6) is 5.75 Å². The minimum Gasteiger partial charge on any atom is -0.491 e. The van der Waals surface area contributed by atoms with E-state index in [-0.39, 0.29) is 11.7 Å². The number of carbonyl (C=O) groups is 1. The fraction of sp³-hybridized carbons (Fsp3) is 0.188. The first-order chi connectivity index (χ1) is 10.1. The van der Waals surface area contributed by atoms with Crippen molar-refractivity contribution in [1.82, 2.24) is 5.32 Å². The second-order valence-corrected chi connectivity index (χ2v) is 4.47. The van der Waals surface area contributed by atoms with Crippen molar-refractivity contribution in [1.29, 1.82) is 0 Å². The number of halogens is 1. The molecule has 0 atom stereocenters. The van der Waals surface area contributed by atoms with Crippen molar-refractivity contribution in [3.05, 3.63) is 59.4 Å². The molecule has 5 heteroatoms. The lowest BCUT2D eigenvalue weighted by Gasteiger charge is -2.12. The van der Waals surface area contributed by atoms with E-state index >= 15 is 0 Å². The average molecular weight is 288 g/mol. The van der Waals surface area contributed by atoms with E-state index in [1.807, 2.05) is 6.92 Å². The molecule has 2 aromatic rings. The number of rotatable bonds is 5. The van der Waals surface area contributed by atoms with E-state index in [0.717, 1.165) is 5.56 Å². The Morgan fingerprint density at radius 3 is 2.62 bits per heavy atom. The highest BCUT2D eigenvalue weighted by molar-refractivity contribution is 5.98. The van der Waals surface area contributed by atoms with Gasteiger partial charge in [0.2, 0.25) is 0 Å². The standard InChI is InChI=1S/C16H17FN2O2/c1-2-21-15-13(4-3-5-14(15)18)16(20)19-10-11-6-8-12(17)9-7-11/h3-9H,2,10,18H2,1H3,(H,19,20). The summed E-state index contributed by atoms with van der Waals surface area (Å²) in [5.74, 6) is -0.203. The molecular formula is C16H17FN2O2. The van der Waals surface area contributed by atoms with Gasteiger partial charge < -0.3 is 15.8 Å². The van der Waals surface area contributed by atoms with Gasteiger partial charge in [0.15, 0.2) is 5.75 Å². The molecule has 0 heterocycles. The Bertz CT molecular complexity index is 627. The maximum Gasteiger partial charge on any atom is 0.255 e. The average Bonchev–Trinajstić information content (AvgIpc) is 2.48. The highest BCUT2D eigenvalue weighted by Crippen LogP contribution is 2.26. The van der Waals surface area contributed by atoms with E-state index in [1.165, 1.54) is 12.1 Å². The summed E-state index contributed by atoms with van der Waals surface area (Å²) in [7, 11) is 0. The van der Waals surface area contributed by atoms with Gasteiger partial charge in [-0.1, -0.05) is 18.2 Å². The van der Waals surface area contributed by atoms with E-state index < -0.39 is 0 Å². The topological polar surface area (TPSA) is 64.3 Å². The van der Waals surface area contributed by atoms with Gasteiger partial charge in [0, 0.05) is 6.54 Å². The minimum absolute atomic E-state index is 0.282. The number of hydrogen-bond acceptors (Lipinski definition) is 3. The molecule has 21 heavy (non-hydrogen) atoms. The Labute approximate surface area is 122 Å². The zero-order chi connectivity index (χ0) is 15.2. The molecule has 0 unspecified atom stereocenters. The first-order valence-electron chi connectivity index (χ1n) is 6.65. The zero-order valence-electron chi connectivity index (χ0n) is 11.7. The van der Waals surface area contributed by atoms with Crippen LogP contribution in [0.25, 0.3) is 0 Å². The van der Waals surface area contributed by atoms with Crippen LogP contribution in [0.2, 0.25) is 0 Å². The molecule has 0 saturated heterocycles. The predicted octanol–water partition coefficient (Wildman–Crippen LogP) is 2.74. The summed E-state index contributed by atoms with van der Waals surface area (Å²) in [6.07, 6.45) is 0. The van der Waals surface area contributed by atoms with Crippen LogP contribution in [-0.2, 0) is 6.54 Å². The van der Waals surface area contributed by atoms with Gasteiger partial charge in [-0.15, -0.1) is 0 Å². The number of anilines is 1. The quantitative estimate of drug-likeness (QED) is 0.831. The molecule has 3 N–H and O–H groups in total. The number of benzene rings is 2. The van der Waals surface area contributed by atoms with Gasteiger partial charge in [-0.25, -0.2) is 4.39 Å². The first kappa shape index (κ1) is 14.8. The molecule has 0 bridgehead atoms. The third-order valence-corrected chi connectivity index (χ3v) is 2.95. The van der Waals surface area contributed by atoms with Gasteiger partial charge in [0.25, 0.3) is 5.91 Å². The second-order valence-electron chi connectivity index (χ2n) is 4.47. The minimum atomic E-state index is -0.306. The molecule has 0 radical (unpaired) electrons. The molecular weight excluding hydrogens is 271 g/mol. The van der Waals surface area contributed by atoms with Gasteiger partial charge in [-0.05, 0) is 36.8 Å². The van der Waals surface area contributed by atoms with Crippen LogP contribution < -0.4 is 15.8 Å². The lowest BCUT2D eigenvalue weighted by atomic mass is 10.1. The molecule has 110 valence electrons. The lowest BCUT2D eigenvalue weighted by molar-refractivity contribution is 0.0947. The molecule has 0 spiro atoms. The largest absolute Gasteiger partial charge is 0.491 e. The van der Waals surface area contributed by atoms with E-state index in [2.05, 4.69) is 5.32 Å². The Hall–Kier alpha value is -2.56. The van der Waals surface area contributed by atoms with Gasteiger partial charge in [0.1, 0.15) is 5.82 Å². The molecule has 0 fully saturated rings. The summed E-state index contributed by atoms with van der Waals surface area (Å²) < 4.78 is 18.2. The lowest BCUT2D eigenvalue weighted by Crippen LogP contribution is -2.23. The summed E-state index contributed by atoms with van der Waals surface area (Å²) in [5, 5.41) is 2.76. The first-order valence-corrected chi connectivity index (χ1v) is 6.65.